The van der Waals surface area contributed by atoms with E-state index in [0.29, 0.717) is 25.2 Å². The van der Waals surface area contributed by atoms with E-state index in [1.807, 2.05) is 22.9 Å². The van der Waals surface area contributed by atoms with Crippen LogP contribution in [0, 0.1) is 0 Å². The first kappa shape index (κ1) is 23.7. The number of aliphatic hydroxyl groups excluding tert-OH is 1. The number of unbranched alkanes of at least 4 members (excludes halogenated alkanes) is 1. The summed E-state index contributed by atoms with van der Waals surface area (Å²) in [5, 5.41) is 14.6. The summed E-state index contributed by atoms with van der Waals surface area (Å²) in [5.74, 6) is -2.81. The van der Waals surface area contributed by atoms with E-state index in [1.54, 1.807) is 12.4 Å². The molecule has 4 rings (SSSR count). The zero-order valence-corrected chi connectivity index (χ0v) is 19.4. The minimum absolute atomic E-state index is 0.0633. The van der Waals surface area contributed by atoms with E-state index in [9.17, 15) is 14.7 Å². The molecule has 0 aliphatic carbocycles. The van der Waals surface area contributed by atoms with Gasteiger partial charge in [-0.3, -0.25) is 4.98 Å². The van der Waals surface area contributed by atoms with Gasteiger partial charge in [0.2, 0.25) is 0 Å². The average molecular weight is 472 g/mol. The van der Waals surface area contributed by atoms with Crippen LogP contribution >= 0.6 is 0 Å². The Morgan fingerprint density at radius 1 is 1.18 bits per heavy atom. The first-order valence-corrected chi connectivity index (χ1v) is 11.5. The molecule has 2 saturated heterocycles. The molecule has 0 radical (unpaired) electrons. The van der Waals surface area contributed by atoms with Crippen LogP contribution in [-0.2, 0) is 23.8 Å². The molecule has 1 atom stereocenters. The number of carbonyl (C=O) groups is 2. The van der Waals surface area contributed by atoms with E-state index >= 15 is 0 Å². The average Bonchev–Trinajstić information content (AvgIpc) is 3.28. The van der Waals surface area contributed by atoms with E-state index in [1.165, 1.54) is 13.8 Å². The number of ether oxygens (including phenoxy) is 4. The SMILES string of the molecule is CC1(C)OC(=O)C(=C(O)CCCCOc2ccc(-c3ccnn3C3CCCCO3)nc2)C(=O)O1. The predicted octanol–water partition coefficient (Wildman–Crippen LogP) is 3.84. The molecule has 2 aromatic rings. The van der Waals surface area contributed by atoms with Gasteiger partial charge in [-0.25, -0.2) is 14.3 Å². The molecule has 182 valence electrons. The van der Waals surface area contributed by atoms with Gasteiger partial charge in [-0.15, -0.1) is 0 Å². The summed E-state index contributed by atoms with van der Waals surface area (Å²) in [6.07, 6.45) is 7.70. The number of cyclic esters (lactones) is 2. The number of esters is 2. The smallest absolute Gasteiger partial charge is 0.352 e. The molecule has 0 bridgehead atoms. The zero-order chi connectivity index (χ0) is 24.1. The molecule has 10 heteroatoms. The highest BCUT2D eigenvalue weighted by atomic mass is 16.7. The molecule has 1 unspecified atom stereocenters. The zero-order valence-electron chi connectivity index (χ0n) is 19.4. The summed E-state index contributed by atoms with van der Waals surface area (Å²) in [5.41, 5.74) is 1.23. The Kier molecular flexibility index (Phi) is 7.16. The Morgan fingerprint density at radius 2 is 1.97 bits per heavy atom. The molecule has 2 fully saturated rings. The molecule has 34 heavy (non-hydrogen) atoms. The van der Waals surface area contributed by atoms with E-state index in [0.717, 1.165) is 37.3 Å². The third-order valence-electron chi connectivity index (χ3n) is 5.55. The second-order valence-electron chi connectivity index (χ2n) is 8.67. The number of aliphatic hydroxyl groups is 1. The molecule has 0 aromatic carbocycles. The van der Waals surface area contributed by atoms with Crippen molar-refractivity contribution in [3.63, 3.8) is 0 Å². The van der Waals surface area contributed by atoms with Crippen LogP contribution in [0.4, 0.5) is 0 Å². The first-order valence-electron chi connectivity index (χ1n) is 11.5. The van der Waals surface area contributed by atoms with E-state index in [4.69, 9.17) is 18.9 Å². The van der Waals surface area contributed by atoms with Crippen molar-refractivity contribution in [3.05, 3.63) is 41.9 Å². The van der Waals surface area contributed by atoms with Crippen molar-refractivity contribution < 1.29 is 33.6 Å². The van der Waals surface area contributed by atoms with Gasteiger partial charge in [0, 0.05) is 33.1 Å². The Hall–Kier alpha value is -3.40. The Bertz CT molecular complexity index is 1030. The van der Waals surface area contributed by atoms with Gasteiger partial charge in [-0.2, -0.15) is 5.10 Å². The number of allylic oxidation sites excluding steroid dienone is 1. The lowest BCUT2D eigenvalue weighted by Gasteiger charge is -2.30. The summed E-state index contributed by atoms with van der Waals surface area (Å²) < 4.78 is 23.4. The van der Waals surface area contributed by atoms with Crippen LogP contribution in [0.25, 0.3) is 11.4 Å². The number of nitrogens with zero attached hydrogens (tertiary/aromatic N) is 3. The van der Waals surface area contributed by atoms with Gasteiger partial charge in [-0.1, -0.05) is 0 Å². The van der Waals surface area contributed by atoms with E-state index in [2.05, 4.69) is 10.1 Å². The number of hydrogen-bond acceptors (Lipinski definition) is 9. The molecular formula is C24H29N3O7. The summed E-state index contributed by atoms with van der Waals surface area (Å²) in [6, 6.07) is 5.64. The summed E-state index contributed by atoms with van der Waals surface area (Å²) in [7, 11) is 0. The molecule has 0 saturated carbocycles. The van der Waals surface area contributed by atoms with Gasteiger partial charge < -0.3 is 24.1 Å². The number of carbonyl (C=O) groups excluding carboxylic acids is 2. The van der Waals surface area contributed by atoms with Crippen LogP contribution in [0.5, 0.6) is 5.75 Å². The van der Waals surface area contributed by atoms with Gasteiger partial charge in [0.1, 0.15) is 11.5 Å². The van der Waals surface area contributed by atoms with Gasteiger partial charge in [0.05, 0.1) is 24.2 Å². The normalized spacial score (nSPS) is 19.9. The fourth-order valence-electron chi connectivity index (χ4n) is 3.88. The molecular weight excluding hydrogens is 442 g/mol. The van der Waals surface area contributed by atoms with Crippen molar-refractivity contribution in [1.82, 2.24) is 14.8 Å². The lowest BCUT2D eigenvalue weighted by atomic mass is 10.1. The highest BCUT2D eigenvalue weighted by Gasteiger charge is 2.41. The van der Waals surface area contributed by atoms with E-state index in [-0.39, 0.29) is 18.4 Å². The van der Waals surface area contributed by atoms with Gasteiger partial charge in [0.25, 0.3) is 5.79 Å². The quantitative estimate of drug-likeness (QED) is 0.201. The third-order valence-corrected chi connectivity index (χ3v) is 5.55. The van der Waals surface area contributed by atoms with Crippen LogP contribution in [-0.4, -0.2) is 50.8 Å². The number of rotatable bonds is 8. The van der Waals surface area contributed by atoms with Crippen LogP contribution in [0.1, 0.15) is 58.6 Å². The van der Waals surface area contributed by atoms with Crippen molar-refractivity contribution in [2.75, 3.05) is 13.2 Å². The predicted molar refractivity (Wildman–Crippen MR) is 120 cm³/mol. The molecule has 0 spiro atoms. The van der Waals surface area contributed by atoms with Crippen LogP contribution in [0.3, 0.4) is 0 Å². The maximum atomic E-state index is 12.0. The van der Waals surface area contributed by atoms with Gasteiger partial charge >= 0.3 is 11.9 Å². The molecule has 4 heterocycles. The minimum Gasteiger partial charge on any atom is -0.511 e. The monoisotopic (exact) mass is 471 g/mol. The van der Waals surface area contributed by atoms with Crippen LogP contribution < -0.4 is 4.74 Å². The third kappa shape index (κ3) is 5.56. The fraction of sp³-hybridized carbons (Fsp3) is 0.500. The Balaban J connectivity index is 1.25. The molecule has 0 amide bonds. The van der Waals surface area contributed by atoms with Crippen molar-refractivity contribution in [1.29, 1.82) is 0 Å². The van der Waals surface area contributed by atoms with Crippen molar-refractivity contribution in [3.8, 4) is 17.1 Å². The number of aromatic nitrogens is 3. The first-order chi connectivity index (χ1) is 16.3. The van der Waals surface area contributed by atoms with Gasteiger partial charge in [-0.05, 0) is 50.3 Å². The number of hydrogen-bond donors (Lipinski definition) is 1. The lowest BCUT2D eigenvalue weighted by Crippen LogP contribution is -2.42. The standard InChI is InChI=1S/C24H29N3O7/c1-24(2)33-22(29)21(23(30)34-24)19(28)7-3-5-13-31-16-9-10-17(25-15-16)18-11-12-26-27(18)20-8-4-6-14-32-20/h9-12,15,20,28H,3-8,13-14H2,1-2H3. The van der Waals surface area contributed by atoms with Crippen molar-refractivity contribution in [2.24, 2.45) is 0 Å². The van der Waals surface area contributed by atoms with Crippen LogP contribution in [0.2, 0.25) is 0 Å². The topological polar surface area (TPSA) is 122 Å². The largest absolute Gasteiger partial charge is 0.511 e. The lowest BCUT2D eigenvalue weighted by molar-refractivity contribution is -0.222. The molecule has 1 N–H and O–H groups in total. The van der Waals surface area contributed by atoms with Gasteiger partial charge in [0.15, 0.2) is 11.8 Å². The summed E-state index contributed by atoms with van der Waals surface area (Å²) in [6.45, 7) is 4.04. The molecule has 2 aromatic heterocycles. The Labute approximate surface area is 197 Å². The van der Waals surface area contributed by atoms with E-state index < -0.39 is 23.3 Å². The second-order valence-corrected chi connectivity index (χ2v) is 8.67. The van der Waals surface area contributed by atoms with Crippen molar-refractivity contribution >= 4 is 11.9 Å². The highest BCUT2D eigenvalue weighted by molar-refractivity contribution is 6.15. The maximum absolute atomic E-state index is 12.0. The molecule has 2 aliphatic heterocycles. The minimum atomic E-state index is -1.33. The number of pyridine rings is 1. The second kappa shape index (κ2) is 10.3. The molecule has 2 aliphatic rings. The van der Waals surface area contributed by atoms with Crippen molar-refractivity contribution in [2.45, 2.75) is 64.4 Å². The molecule has 10 nitrogen and oxygen atoms in total. The van der Waals surface area contributed by atoms with Crippen LogP contribution in [0.15, 0.2) is 41.9 Å². The maximum Gasteiger partial charge on any atom is 0.352 e. The Morgan fingerprint density at radius 3 is 2.65 bits per heavy atom. The highest BCUT2D eigenvalue weighted by Crippen LogP contribution is 2.28. The fourth-order valence-corrected chi connectivity index (χ4v) is 3.88. The summed E-state index contributed by atoms with van der Waals surface area (Å²) >= 11 is 0. The summed E-state index contributed by atoms with van der Waals surface area (Å²) in [4.78, 5) is 28.5.